The van der Waals surface area contributed by atoms with Gasteiger partial charge in [-0.2, -0.15) is 12.7 Å². The number of carboxylic acid groups (broad SMARTS) is 1. The second-order valence-corrected chi connectivity index (χ2v) is 9.99. The average Bonchev–Trinajstić information content (AvgIpc) is 3.11. The van der Waals surface area contributed by atoms with E-state index in [1.165, 1.54) is 16.4 Å². The van der Waals surface area contributed by atoms with E-state index in [2.05, 4.69) is 5.32 Å². The first-order valence-electron chi connectivity index (χ1n) is 10.2. The summed E-state index contributed by atoms with van der Waals surface area (Å²) >= 11 is 0. The highest BCUT2D eigenvalue weighted by Crippen LogP contribution is 2.38. The van der Waals surface area contributed by atoms with E-state index in [0.29, 0.717) is 24.3 Å². The van der Waals surface area contributed by atoms with Crippen molar-refractivity contribution in [2.45, 2.75) is 17.5 Å². The Balaban J connectivity index is 1.72. The maximum Gasteiger partial charge on any atom is 0.488 e. The molecule has 2 aromatic rings. The van der Waals surface area contributed by atoms with Crippen LogP contribution < -0.4 is 20.8 Å². The molecule has 0 saturated carbocycles. The number of rotatable bonds is 7. The summed E-state index contributed by atoms with van der Waals surface area (Å²) in [7, 11) is -5.84. The number of benzene rings is 2. The fourth-order valence-electron chi connectivity index (χ4n) is 4.24. The van der Waals surface area contributed by atoms with Gasteiger partial charge in [-0.1, -0.05) is 42.5 Å². The van der Waals surface area contributed by atoms with Crippen molar-refractivity contribution in [2.24, 2.45) is 5.73 Å². The Bertz CT molecular complexity index is 1100. The quantitative estimate of drug-likeness (QED) is 0.305. The Labute approximate surface area is 186 Å². The van der Waals surface area contributed by atoms with Crippen LogP contribution in [-0.4, -0.2) is 78.7 Å². The number of anilines is 1. The molecule has 2 aliphatic heterocycles. The van der Waals surface area contributed by atoms with Gasteiger partial charge in [0.15, 0.2) is 0 Å². The molecule has 10 nitrogen and oxygen atoms in total. The molecule has 2 aromatic carbocycles. The largest absolute Gasteiger partial charge is 0.488 e. The van der Waals surface area contributed by atoms with Crippen LogP contribution in [0.3, 0.4) is 0 Å². The number of nitrogens with zero attached hydrogens (tertiary/aromatic N) is 2. The lowest BCUT2D eigenvalue weighted by Gasteiger charge is -2.40. The van der Waals surface area contributed by atoms with Crippen LogP contribution in [0.1, 0.15) is 11.5 Å². The van der Waals surface area contributed by atoms with Gasteiger partial charge in [0, 0.05) is 32.1 Å². The first kappa shape index (κ1) is 22.7. The molecule has 0 spiro atoms. The first-order valence-corrected chi connectivity index (χ1v) is 11.6. The molecule has 2 saturated heterocycles. The zero-order valence-corrected chi connectivity index (χ0v) is 18.0. The number of nitrogens with one attached hydrogen (secondary N) is 1. The lowest BCUT2D eigenvalue weighted by atomic mass is 9.76. The van der Waals surface area contributed by atoms with E-state index in [-0.39, 0.29) is 18.0 Å². The lowest BCUT2D eigenvalue weighted by Crippen LogP contribution is -2.62. The van der Waals surface area contributed by atoms with E-state index < -0.39 is 41.3 Å². The van der Waals surface area contributed by atoms with Crippen molar-refractivity contribution < 1.29 is 28.4 Å². The van der Waals surface area contributed by atoms with Gasteiger partial charge in [-0.3, -0.25) is 9.10 Å². The Morgan fingerprint density at radius 1 is 1.16 bits per heavy atom. The van der Waals surface area contributed by atoms with E-state index in [1.807, 2.05) is 0 Å². The molecule has 4 rings (SSSR count). The van der Waals surface area contributed by atoms with Crippen molar-refractivity contribution in [3.63, 3.8) is 0 Å². The molecule has 2 heterocycles. The molecule has 0 bridgehead atoms. The number of para-hydroxylation sites is 1. The Kier molecular flexibility index (Phi) is 6.01. The summed E-state index contributed by atoms with van der Waals surface area (Å²) in [5.74, 6) is -2.21. The first-order chi connectivity index (χ1) is 15.1. The summed E-state index contributed by atoms with van der Waals surface area (Å²) in [6.45, 7) is 0.396. The highest BCUT2D eigenvalue weighted by Gasteiger charge is 2.55. The van der Waals surface area contributed by atoms with Gasteiger partial charge in [0.1, 0.15) is 5.54 Å². The number of hydrogen-bond donors (Lipinski definition) is 5. The second kappa shape index (κ2) is 8.47. The summed E-state index contributed by atoms with van der Waals surface area (Å²) in [6, 6.07) is 14.5. The minimum Gasteiger partial charge on any atom is -0.480 e. The molecule has 2 atom stereocenters. The van der Waals surface area contributed by atoms with Crippen molar-refractivity contribution in [2.75, 3.05) is 30.5 Å². The van der Waals surface area contributed by atoms with Crippen LogP contribution in [0, 0.1) is 0 Å². The maximum atomic E-state index is 13.7. The van der Waals surface area contributed by atoms with Crippen LogP contribution >= 0.6 is 0 Å². The molecule has 0 aliphatic carbocycles. The minimum absolute atomic E-state index is 0.153. The molecule has 0 amide bonds. The van der Waals surface area contributed by atoms with Gasteiger partial charge in [-0.05, 0) is 23.2 Å². The molecule has 0 aromatic heterocycles. The predicted octanol–water partition coefficient (Wildman–Crippen LogP) is -1.73. The predicted molar refractivity (Wildman–Crippen MR) is 120 cm³/mol. The van der Waals surface area contributed by atoms with E-state index >= 15 is 0 Å². The fraction of sp³-hybridized carbons (Fsp3) is 0.350. The van der Waals surface area contributed by atoms with Gasteiger partial charge in [-0.25, -0.2) is 0 Å². The highest BCUT2D eigenvalue weighted by atomic mass is 32.2. The molecular formula is C20H25BN4O6S. The molecule has 0 radical (unpaired) electrons. The molecule has 2 aliphatic rings. The van der Waals surface area contributed by atoms with E-state index in [1.54, 1.807) is 42.5 Å². The second-order valence-electron chi connectivity index (χ2n) is 8.19. The summed E-state index contributed by atoms with van der Waals surface area (Å²) in [5.41, 5.74) is 5.50. The van der Waals surface area contributed by atoms with Crippen molar-refractivity contribution in [1.82, 2.24) is 9.62 Å². The number of carbonyl (C=O) groups is 1. The normalized spacial score (nSPS) is 24.2. The van der Waals surface area contributed by atoms with E-state index in [4.69, 9.17) is 5.73 Å². The average molecular weight is 460 g/mol. The van der Waals surface area contributed by atoms with Crippen LogP contribution in [0.25, 0.3) is 0 Å². The third kappa shape index (κ3) is 3.89. The Hall–Kier alpha value is -2.48. The van der Waals surface area contributed by atoms with Crippen LogP contribution in [0.5, 0.6) is 0 Å². The van der Waals surface area contributed by atoms with E-state index in [9.17, 15) is 28.4 Å². The molecule has 0 unspecified atom stereocenters. The number of nitrogens with two attached hydrogens (primary N) is 1. The lowest BCUT2D eigenvalue weighted by molar-refractivity contribution is -0.143. The standard InChI is InChI=1S/C20H25BN4O6S/c22-20(19(26)27)13-24(12-18(20)14-5-4-6-15(9-14)21(28)29)32(30,31)25(17-10-23-11-17)16-7-2-1-3-8-16/h1-9,17-18,23,28-29H,10-13,22H2,(H,26,27)/t18-,20+/m1/s1. The van der Waals surface area contributed by atoms with Gasteiger partial charge in [0.2, 0.25) is 0 Å². The SMILES string of the molecule is N[C@@]1(C(=O)O)CN(S(=O)(=O)N(c2ccccc2)C2CNC2)C[C@@H]1c1cccc(B(O)O)c1. The van der Waals surface area contributed by atoms with Gasteiger partial charge < -0.3 is 26.2 Å². The highest BCUT2D eigenvalue weighted by molar-refractivity contribution is 7.90. The maximum absolute atomic E-state index is 13.7. The molecule has 6 N–H and O–H groups in total. The zero-order chi connectivity index (χ0) is 23.1. The third-order valence-electron chi connectivity index (χ3n) is 6.13. The third-order valence-corrected chi connectivity index (χ3v) is 8.07. The minimum atomic E-state index is -4.10. The van der Waals surface area contributed by atoms with Crippen LogP contribution in [0.15, 0.2) is 54.6 Å². The molecular weight excluding hydrogens is 435 g/mol. The van der Waals surface area contributed by atoms with Gasteiger partial charge in [0.25, 0.3) is 0 Å². The van der Waals surface area contributed by atoms with Gasteiger partial charge in [0.05, 0.1) is 11.7 Å². The number of hydrogen-bond acceptors (Lipinski definition) is 7. The summed E-state index contributed by atoms with van der Waals surface area (Å²) in [5, 5.41) is 32.0. The number of aliphatic carboxylic acids is 1. The fourth-order valence-corrected chi connectivity index (χ4v) is 6.11. The molecule has 170 valence electrons. The topological polar surface area (TPSA) is 156 Å². The van der Waals surface area contributed by atoms with Crippen molar-refractivity contribution in [3.8, 4) is 0 Å². The smallest absolute Gasteiger partial charge is 0.480 e. The summed E-state index contributed by atoms with van der Waals surface area (Å²) < 4.78 is 29.9. The molecule has 12 heteroatoms. The Morgan fingerprint density at radius 2 is 1.84 bits per heavy atom. The van der Waals surface area contributed by atoms with Crippen molar-refractivity contribution in [1.29, 1.82) is 0 Å². The monoisotopic (exact) mass is 460 g/mol. The molecule has 32 heavy (non-hydrogen) atoms. The molecule has 2 fully saturated rings. The number of carboxylic acids is 1. The summed E-state index contributed by atoms with van der Waals surface area (Å²) in [4.78, 5) is 12.2. The van der Waals surface area contributed by atoms with Crippen LogP contribution in [-0.2, 0) is 15.0 Å². The van der Waals surface area contributed by atoms with Crippen molar-refractivity contribution in [3.05, 3.63) is 60.2 Å². The van der Waals surface area contributed by atoms with E-state index in [0.717, 1.165) is 4.31 Å². The Morgan fingerprint density at radius 3 is 2.41 bits per heavy atom. The van der Waals surface area contributed by atoms with Crippen LogP contribution in [0.2, 0.25) is 0 Å². The van der Waals surface area contributed by atoms with Crippen LogP contribution in [0.4, 0.5) is 5.69 Å². The zero-order valence-electron chi connectivity index (χ0n) is 17.2. The summed E-state index contributed by atoms with van der Waals surface area (Å²) in [6.07, 6.45) is 0. The van der Waals surface area contributed by atoms with Crippen molar-refractivity contribution >= 4 is 34.4 Å². The van der Waals surface area contributed by atoms with Gasteiger partial charge in [-0.15, -0.1) is 0 Å². The van der Waals surface area contributed by atoms with Gasteiger partial charge >= 0.3 is 23.3 Å².